The fourth-order valence-electron chi connectivity index (χ4n) is 2.45. The zero-order valence-corrected chi connectivity index (χ0v) is 12.3. The number of nitro benzene ring substituents is 1. The predicted octanol–water partition coefficient (Wildman–Crippen LogP) is 1.32. The number of aliphatic hydroxyl groups is 1. The van der Waals surface area contributed by atoms with Crippen molar-refractivity contribution in [3.05, 3.63) is 39.9 Å². The highest BCUT2D eigenvalue weighted by molar-refractivity contribution is 7.88. The van der Waals surface area contributed by atoms with Crippen LogP contribution in [-0.2, 0) is 15.8 Å². The van der Waals surface area contributed by atoms with Crippen LogP contribution in [0.4, 0.5) is 5.69 Å². The molecule has 8 heteroatoms. The number of benzene rings is 1. The molecule has 0 bridgehead atoms. The standard InChI is InChI=1S/C13H18N2O5S/c16-13-4-2-1-3-12(13)14-21(19,20)9-10-5-7-11(8-6-10)15(17)18/h5-8,12-14,16H,1-4,9H2/t12-,13-/m0/s1. The SMILES string of the molecule is O=[N+]([O-])c1ccc(CS(=O)(=O)N[C@H]2CCCC[C@@H]2O)cc1. The predicted molar refractivity (Wildman–Crippen MR) is 77.1 cm³/mol. The molecule has 0 amide bonds. The summed E-state index contributed by atoms with van der Waals surface area (Å²) >= 11 is 0. The summed E-state index contributed by atoms with van der Waals surface area (Å²) in [7, 11) is -3.58. The van der Waals surface area contributed by atoms with Crippen LogP contribution in [0, 0.1) is 10.1 Å². The molecule has 2 rings (SSSR count). The van der Waals surface area contributed by atoms with Crippen molar-refractivity contribution in [3.8, 4) is 0 Å². The zero-order valence-electron chi connectivity index (χ0n) is 11.4. The molecule has 1 aliphatic rings. The number of sulfonamides is 1. The summed E-state index contributed by atoms with van der Waals surface area (Å²) in [6.07, 6.45) is 2.37. The molecule has 0 saturated heterocycles. The third kappa shape index (κ3) is 4.48. The lowest BCUT2D eigenvalue weighted by atomic mass is 9.93. The highest BCUT2D eigenvalue weighted by Gasteiger charge is 2.27. The van der Waals surface area contributed by atoms with E-state index < -0.39 is 27.1 Å². The summed E-state index contributed by atoms with van der Waals surface area (Å²) in [5, 5.41) is 20.3. The quantitative estimate of drug-likeness (QED) is 0.629. The monoisotopic (exact) mass is 314 g/mol. The fourth-order valence-corrected chi connectivity index (χ4v) is 3.91. The molecule has 2 atom stereocenters. The topological polar surface area (TPSA) is 110 Å². The van der Waals surface area contributed by atoms with Gasteiger partial charge in [0.2, 0.25) is 10.0 Å². The third-order valence-electron chi connectivity index (χ3n) is 3.56. The largest absolute Gasteiger partial charge is 0.391 e. The van der Waals surface area contributed by atoms with Crippen LogP contribution in [0.1, 0.15) is 31.2 Å². The minimum absolute atomic E-state index is 0.0770. The molecule has 116 valence electrons. The molecule has 0 aliphatic heterocycles. The van der Waals surface area contributed by atoms with Crippen molar-refractivity contribution in [2.45, 2.75) is 43.6 Å². The van der Waals surface area contributed by atoms with E-state index >= 15 is 0 Å². The lowest BCUT2D eigenvalue weighted by Crippen LogP contribution is -2.45. The molecule has 0 radical (unpaired) electrons. The number of hydrogen-bond donors (Lipinski definition) is 2. The van der Waals surface area contributed by atoms with Crippen LogP contribution in [0.5, 0.6) is 0 Å². The molecule has 2 N–H and O–H groups in total. The number of aliphatic hydroxyl groups excluding tert-OH is 1. The minimum atomic E-state index is -3.58. The zero-order chi connectivity index (χ0) is 15.5. The first kappa shape index (κ1) is 15.9. The number of nitrogens with zero attached hydrogens (tertiary/aromatic N) is 1. The van der Waals surface area contributed by atoms with Gasteiger partial charge in [0.15, 0.2) is 0 Å². The molecule has 0 unspecified atom stereocenters. The van der Waals surface area contributed by atoms with Crippen molar-refractivity contribution >= 4 is 15.7 Å². The van der Waals surface area contributed by atoms with Gasteiger partial charge in [0.1, 0.15) is 0 Å². The van der Waals surface area contributed by atoms with Gasteiger partial charge in [0, 0.05) is 18.2 Å². The van der Waals surface area contributed by atoms with E-state index in [1.165, 1.54) is 24.3 Å². The van der Waals surface area contributed by atoms with Crippen LogP contribution in [-0.4, -0.2) is 30.6 Å². The summed E-state index contributed by atoms with van der Waals surface area (Å²) in [4.78, 5) is 10.0. The Morgan fingerprint density at radius 1 is 1.24 bits per heavy atom. The van der Waals surface area contributed by atoms with Gasteiger partial charge in [-0.15, -0.1) is 0 Å². The van der Waals surface area contributed by atoms with E-state index in [4.69, 9.17) is 0 Å². The smallest absolute Gasteiger partial charge is 0.269 e. The van der Waals surface area contributed by atoms with Crippen molar-refractivity contribution in [2.24, 2.45) is 0 Å². The second-order valence-corrected chi connectivity index (χ2v) is 7.01. The maximum absolute atomic E-state index is 12.1. The van der Waals surface area contributed by atoms with Gasteiger partial charge >= 0.3 is 0 Å². The van der Waals surface area contributed by atoms with E-state index in [0.29, 0.717) is 18.4 Å². The molecule has 1 aromatic carbocycles. The van der Waals surface area contributed by atoms with Gasteiger partial charge in [0.05, 0.1) is 16.8 Å². The molecule has 1 aliphatic carbocycles. The second kappa shape index (κ2) is 6.50. The summed E-state index contributed by atoms with van der Waals surface area (Å²) in [6.45, 7) is 0. The third-order valence-corrected chi connectivity index (χ3v) is 4.94. The minimum Gasteiger partial charge on any atom is -0.391 e. The van der Waals surface area contributed by atoms with Gasteiger partial charge in [-0.25, -0.2) is 13.1 Å². The summed E-state index contributed by atoms with van der Waals surface area (Å²) in [6, 6.07) is 4.96. The van der Waals surface area contributed by atoms with Crippen molar-refractivity contribution in [1.29, 1.82) is 0 Å². The highest BCUT2D eigenvalue weighted by atomic mass is 32.2. The molecule has 1 aromatic rings. The Bertz CT molecular complexity index is 599. The molecule has 21 heavy (non-hydrogen) atoms. The number of non-ortho nitro benzene ring substituents is 1. The van der Waals surface area contributed by atoms with Crippen LogP contribution < -0.4 is 4.72 Å². The van der Waals surface area contributed by atoms with Crippen molar-refractivity contribution < 1.29 is 18.4 Å². The maximum atomic E-state index is 12.1. The lowest BCUT2D eigenvalue weighted by molar-refractivity contribution is -0.384. The summed E-state index contributed by atoms with van der Waals surface area (Å²) < 4.78 is 26.7. The van der Waals surface area contributed by atoms with Gasteiger partial charge in [0.25, 0.3) is 5.69 Å². The van der Waals surface area contributed by atoms with E-state index in [9.17, 15) is 23.6 Å². The van der Waals surface area contributed by atoms with Crippen molar-refractivity contribution in [2.75, 3.05) is 0 Å². The number of hydrogen-bond acceptors (Lipinski definition) is 5. The van der Waals surface area contributed by atoms with Crippen LogP contribution in [0.25, 0.3) is 0 Å². The summed E-state index contributed by atoms with van der Waals surface area (Å²) in [5.74, 6) is -0.256. The van der Waals surface area contributed by atoms with E-state index in [1.54, 1.807) is 0 Å². The maximum Gasteiger partial charge on any atom is 0.269 e. The van der Waals surface area contributed by atoms with E-state index in [1.807, 2.05) is 0 Å². The Kier molecular flexibility index (Phi) is 4.92. The Morgan fingerprint density at radius 2 is 1.86 bits per heavy atom. The number of nitrogens with one attached hydrogen (secondary N) is 1. The first-order valence-corrected chi connectivity index (χ1v) is 8.44. The van der Waals surface area contributed by atoms with E-state index in [0.717, 1.165) is 12.8 Å². The Labute approximate surface area is 123 Å². The Hall–Kier alpha value is -1.51. The van der Waals surface area contributed by atoms with Crippen LogP contribution in [0.2, 0.25) is 0 Å². The Balaban J connectivity index is 2.01. The molecule has 0 heterocycles. The van der Waals surface area contributed by atoms with Gasteiger partial charge in [-0.2, -0.15) is 0 Å². The van der Waals surface area contributed by atoms with E-state index in [2.05, 4.69) is 4.72 Å². The van der Waals surface area contributed by atoms with Crippen LogP contribution in [0.3, 0.4) is 0 Å². The molecule has 0 aromatic heterocycles. The van der Waals surface area contributed by atoms with Crippen LogP contribution >= 0.6 is 0 Å². The van der Waals surface area contributed by atoms with Gasteiger partial charge in [-0.05, 0) is 18.4 Å². The van der Waals surface area contributed by atoms with Crippen molar-refractivity contribution in [3.63, 3.8) is 0 Å². The molecule has 0 spiro atoms. The average Bonchev–Trinajstić information content (AvgIpc) is 2.41. The van der Waals surface area contributed by atoms with Gasteiger partial charge in [-0.1, -0.05) is 25.0 Å². The average molecular weight is 314 g/mol. The highest BCUT2D eigenvalue weighted by Crippen LogP contribution is 2.20. The molecular weight excluding hydrogens is 296 g/mol. The fraction of sp³-hybridized carbons (Fsp3) is 0.538. The van der Waals surface area contributed by atoms with Crippen LogP contribution in [0.15, 0.2) is 24.3 Å². The van der Waals surface area contributed by atoms with Gasteiger partial charge < -0.3 is 5.11 Å². The number of rotatable bonds is 5. The molecule has 1 saturated carbocycles. The molecule has 7 nitrogen and oxygen atoms in total. The van der Waals surface area contributed by atoms with Crippen molar-refractivity contribution in [1.82, 2.24) is 4.72 Å². The molecule has 1 fully saturated rings. The first-order valence-electron chi connectivity index (χ1n) is 6.79. The van der Waals surface area contributed by atoms with E-state index in [-0.39, 0.29) is 11.4 Å². The normalized spacial score (nSPS) is 22.9. The summed E-state index contributed by atoms with van der Waals surface area (Å²) in [5.41, 5.74) is 0.394. The second-order valence-electron chi connectivity index (χ2n) is 5.26. The Morgan fingerprint density at radius 3 is 2.43 bits per heavy atom. The first-order chi connectivity index (χ1) is 9.87. The molecular formula is C13H18N2O5S. The lowest BCUT2D eigenvalue weighted by Gasteiger charge is -2.28. The van der Waals surface area contributed by atoms with Gasteiger partial charge in [-0.3, -0.25) is 10.1 Å². The number of nitro groups is 1.